The maximum Gasteiger partial charge on any atom is 0.328 e. The highest BCUT2D eigenvalue weighted by Gasteiger charge is 2.07. The summed E-state index contributed by atoms with van der Waals surface area (Å²) in [7, 11) is 0. The number of pyridine rings is 1. The molecule has 0 saturated heterocycles. The van der Waals surface area contributed by atoms with Crippen LogP contribution in [0.3, 0.4) is 0 Å². The Balaban J connectivity index is 2.55. The van der Waals surface area contributed by atoms with E-state index in [4.69, 9.17) is 5.11 Å². The first-order chi connectivity index (χ1) is 7.59. The van der Waals surface area contributed by atoms with Gasteiger partial charge in [0.2, 0.25) is 5.91 Å². The van der Waals surface area contributed by atoms with Crippen LogP contribution in [0.4, 0.5) is 0 Å². The lowest BCUT2D eigenvalue weighted by molar-refractivity contribution is -0.131. The molecule has 1 aromatic heterocycles. The van der Waals surface area contributed by atoms with Gasteiger partial charge in [-0.05, 0) is 19.1 Å². The minimum Gasteiger partial charge on any atom is -0.478 e. The lowest BCUT2D eigenvalue weighted by atomic mass is 10.2. The molecule has 0 aliphatic carbocycles. The molecule has 16 heavy (non-hydrogen) atoms. The fourth-order valence-corrected chi connectivity index (χ4v) is 1.11. The Morgan fingerprint density at radius 2 is 2.19 bits per heavy atom. The van der Waals surface area contributed by atoms with Gasteiger partial charge >= 0.3 is 5.97 Å². The number of carboxylic acids is 1. The number of carboxylic acid groups (broad SMARTS) is 1. The van der Waals surface area contributed by atoms with Gasteiger partial charge in [-0.25, -0.2) is 4.79 Å². The second-order valence-electron chi connectivity index (χ2n) is 3.16. The SMILES string of the molecule is CC(NC(=O)/C=C/C(=O)O)c1ccccn1. The quantitative estimate of drug-likeness (QED) is 0.739. The smallest absolute Gasteiger partial charge is 0.328 e. The zero-order valence-corrected chi connectivity index (χ0v) is 8.75. The van der Waals surface area contributed by atoms with Crippen molar-refractivity contribution in [3.63, 3.8) is 0 Å². The maximum absolute atomic E-state index is 11.2. The summed E-state index contributed by atoms with van der Waals surface area (Å²) >= 11 is 0. The number of amides is 1. The molecule has 0 saturated carbocycles. The Morgan fingerprint density at radius 3 is 2.75 bits per heavy atom. The summed E-state index contributed by atoms with van der Waals surface area (Å²) in [6, 6.07) is 5.12. The van der Waals surface area contributed by atoms with Crippen molar-refractivity contribution in [3.8, 4) is 0 Å². The van der Waals surface area contributed by atoms with Crippen molar-refractivity contribution in [2.75, 3.05) is 0 Å². The zero-order valence-electron chi connectivity index (χ0n) is 8.75. The molecular formula is C11H12N2O3. The minimum absolute atomic E-state index is 0.257. The number of carbonyl (C=O) groups excluding carboxylic acids is 1. The first-order valence-corrected chi connectivity index (χ1v) is 4.72. The third-order valence-corrected chi connectivity index (χ3v) is 1.87. The van der Waals surface area contributed by atoms with Gasteiger partial charge < -0.3 is 10.4 Å². The van der Waals surface area contributed by atoms with Crippen LogP contribution < -0.4 is 5.32 Å². The van der Waals surface area contributed by atoms with Crippen LogP contribution in [0.5, 0.6) is 0 Å². The Bertz CT molecular complexity index is 401. The van der Waals surface area contributed by atoms with Gasteiger partial charge in [0.15, 0.2) is 0 Å². The fraction of sp³-hybridized carbons (Fsp3) is 0.182. The summed E-state index contributed by atoms with van der Waals surface area (Å²) in [5, 5.41) is 10.9. The van der Waals surface area contributed by atoms with Crippen molar-refractivity contribution in [3.05, 3.63) is 42.2 Å². The number of nitrogens with zero attached hydrogens (tertiary/aromatic N) is 1. The van der Waals surface area contributed by atoms with E-state index >= 15 is 0 Å². The predicted molar refractivity (Wildman–Crippen MR) is 57.6 cm³/mol. The van der Waals surface area contributed by atoms with E-state index in [0.29, 0.717) is 0 Å². The molecule has 5 heteroatoms. The third-order valence-electron chi connectivity index (χ3n) is 1.87. The van der Waals surface area contributed by atoms with E-state index < -0.39 is 11.9 Å². The number of aromatic nitrogens is 1. The van der Waals surface area contributed by atoms with Gasteiger partial charge in [0.1, 0.15) is 0 Å². The molecule has 84 valence electrons. The van der Waals surface area contributed by atoms with E-state index in [2.05, 4.69) is 10.3 Å². The van der Waals surface area contributed by atoms with Crippen molar-refractivity contribution in [2.45, 2.75) is 13.0 Å². The molecule has 2 N–H and O–H groups in total. The number of carbonyl (C=O) groups is 2. The number of hydrogen-bond acceptors (Lipinski definition) is 3. The Labute approximate surface area is 92.8 Å². The molecule has 1 rings (SSSR count). The second-order valence-corrected chi connectivity index (χ2v) is 3.16. The molecule has 0 fully saturated rings. The molecule has 0 aromatic carbocycles. The number of nitrogens with one attached hydrogen (secondary N) is 1. The molecule has 0 bridgehead atoms. The average molecular weight is 220 g/mol. The molecule has 1 atom stereocenters. The van der Waals surface area contributed by atoms with Crippen molar-refractivity contribution >= 4 is 11.9 Å². The third kappa shape index (κ3) is 3.91. The molecule has 0 radical (unpaired) electrons. The highest BCUT2D eigenvalue weighted by molar-refractivity contribution is 5.93. The summed E-state index contributed by atoms with van der Waals surface area (Å²) in [6.45, 7) is 1.77. The van der Waals surface area contributed by atoms with Gasteiger partial charge in [0, 0.05) is 18.3 Å². The molecule has 0 aliphatic heterocycles. The standard InChI is InChI=1S/C11H12N2O3/c1-8(9-4-2-3-7-12-9)13-10(14)5-6-11(15)16/h2-8H,1H3,(H,13,14)(H,15,16)/b6-5+. The Morgan fingerprint density at radius 1 is 1.44 bits per heavy atom. The maximum atomic E-state index is 11.2. The minimum atomic E-state index is -1.15. The molecule has 1 amide bonds. The van der Waals surface area contributed by atoms with Crippen LogP contribution in [0.1, 0.15) is 18.7 Å². The van der Waals surface area contributed by atoms with Crippen molar-refractivity contribution in [2.24, 2.45) is 0 Å². The largest absolute Gasteiger partial charge is 0.478 e. The van der Waals surface area contributed by atoms with Gasteiger partial charge in [-0.1, -0.05) is 6.07 Å². The molecule has 0 spiro atoms. The Hall–Kier alpha value is -2.17. The monoisotopic (exact) mass is 220 g/mol. The van der Waals surface area contributed by atoms with E-state index in [0.717, 1.165) is 17.8 Å². The van der Waals surface area contributed by atoms with E-state index in [1.165, 1.54) is 0 Å². The molecule has 0 aliphatic rings. The lowest BCUT2D eigenvalue weighted by Gasteiger charge is -2.11. The summed E-state index contributed by atoms with van der Waals surface area (Å²) in [5.74, 6) is -1.61. The summed E-state index contributed by atoms with van der Waals surface area (Å²) in [4.78, 5) is 25.5. The molecule has 1 heterocycles. The summed E-state index contributed by atoms with van der Waals surface area (Å²) in [5.41, 5.74) is 0.722. The highest BCUT2D eigenvalue weighted by atomic mass is 16.4. The molecule has 1 unspecified atom stereocenters. The zero-order chi connectivity index (χ0) is 12.0. The van der Waals surface area contributed by atoms with Crippen LogP contribution in [0.15, 0.2) is 36.5 Å². The number of hydrogen-bond donors (Lipinski definition) is 2. The fourth-order valence-electron chi connectivity index (χ4n) is 1.11. The summed E-state index contributed by atoms with van der Waals surface area (Å²) < 4.78 is 0. The van der Waals surface area contributed by atoms with Crippen molar-refractivity contribution in [1.29, 1.82) is 0 Å². The van der Waals surface area contributed by atoms with Gasteiger partial charge in [0.25, 0.3) is 0 Å². The summed E-state index contributed by atoms with van der Waals surface area (Å²) in [6.07, 6.45) is 3.40. The number of rotatable bonds is 4. The van der Waals surface area contributed by atoms with Gasteiger partial charge in [-0.15, -0.1) is 0 Å². The van der Waals surface area contributed by atoms with Crippen molar-refractivity contribution < 1.29 is 14.7 Å². The first-order valence-electron chi connectivity index (χ1n) is 4.72. The average Bonchev–Trinajstić information content (AvgIpc) is 2.27. The normalized spacial score (nSPS) is 12.3. The topological polar surface area (TPSA) is 79.3 Å². The predicted octanol–water partition coefficient (Wildman–Crippen LogP) is 0.900. The highest BCUT2D eigenvalue weighted by Crippen LogP contribution is 2.07. The lowest BCUT2D eigenvalue weighted by Crippen LogP contribution is -2.25. The van der Waals surface area contributed by atoms with Crippen molar-refractivity contribution in [1.82, 2.24) is 10.3 Å². The van der Waals surface area contributed by atoms with Gasteiger partial charge in [0.05, 0.1) is 11.7 Å². The van der Waals surface area contributed by atoms with E-state index in [1.54, 1.807) is 25.3 Å². The first kappa shape index (κ1) is 11.9. The molecule has 1 aromatic rings. The van der Waals surface area contributed by atoms with Crippen LogP contribution in [-0.4, -0.2) is 22.0 Å². The van der Waals surface area contributed by atoms with Crippen LogP contribution in [0, 0.1) is 0 Å². The Kier molecular flexibility index (Phi) is 4.20. The number of aliphatic carboxylic acids is 1. The second kappa shape index (κ2) is 5.65. The van der Waals surface area contributed by atoms with Gasteiger partial charge in [-0.2, -0.15) is 0 Å². The van der Waals surface area contributed by atoms with E-state index in [9.17, 15) is 9.59 Å². The van der Waals surface area contributed by atoms with Crippen LogP contribution >= 0.6 is 0 Å². The molecule has 5 nitrogen and oxygen atoms in total. The van der Waals surface area contributed by atoms with E-state index in [-0.39, 0.29) is 6.04 Å². The van der Waals surface area contributed by atoms with Crippen LogP contribution in [-0.2, 0) is 9.59 Å². The molecular weight excluding hydrogens is 208 g/mol. The van der Waals surface area contributed by atoms with Gasteiger partial charge in [-0.3, -0.25) is 9.78 Å². The van der Waals surface area contributed by atoms with Crippen LogP contribution in [0.25, 0.3) is 0 Å². The van der Waals surface area contributed by atoms with Crippen LogP contribution in [0.2, 0.25) is 0 Å². The van der Waals surface area contributed by atoms with E-state index in [1.807, 2.05) is 6.07 Å².